The minimum atomic E-state index is -1.06. The molecule has 1 fully saturated rings. The van der Waals surface area contributed by atoms with Gasteiger partial charge < -0.3 is 15.9 Å². The van der Waals surface area contributed by atoms with Crippen LogP contribution in [0.5, 0.6) is 0 Å². The topological polar surface area (TPSA) is 83.5 Å². The van der Waals surface area contributed by atoms with Crippen LogP contribution in [-0.2, 0) is 4.79 Å². The number of hydrogen-bond donors (Lipinski definition) is 3. The van der Waals surface area contributed by atoms with Crippen molar-refractivity contribution in [1.29, 1.82) is 0 Å². The van der Waals surface area contributed by atoms with Gasteiger partial charge in [-0.2, -0.15) is 0 Å². The third-order valence-corrected chi connectivity index (χ3v) is 3.96. The van der Waals surface area contributed by atoms with Crippen molar-refractivity contribution >= 4 is 5.78 Å². The van der Waals surface area contributed by atoms with E-state index < -0.39 is 12.1 Å². The molecule has 0 spiro atoms. The highest BCUT2D eigenvalue weighted by Gasteiger charge is 2.29. The quantitative estimate of drug-likeness (QED) is 0.643. The van der Waals surface area contributed by atoms with Crippen LogP contribution in [0.15, 0.2) is 0 Å². The summed E-state index contributed by atoms with van der Waals surface area (Å²) in [5, 5.41) is 19.7. The number of ketones is 1. The zero-order valence-electron chi connectivity index (χ0n) is 11.3. The van der Waals surface area contributed by atoms with Gasteiger partial charge in [0, 0.05) is 12.5 Å². The molecule has 0 aromatic carbocycles. The molecule has 0 saturated heterocycles. The number of Topliss-reactive ketones (excluding diaryl/α,β-unsaturated/α-hetero) is 1. The Hall–Kier alpha value is -0.450. The predicted molar refractivity (Wildman–Crippen MR) is 71.1 cm³/mol. The van der Waals surface area contributed by atoms with E-state index >= 15 is 0 Å². The van der Waals surface area contributed by atoms with E-state index in [2.05, 4.69) is 6.92 Å². The molecule has 1 saturated carbocycles. The Morgan fingerprint density at radius 1 is 1.39 bits per heavy atom. The minimum absolute atomic E-state index is 0.0132. The summed E-state index contributed by atoms with van der Waals surface area (Å²) in [5.41, 5.74) is 5.81. The maximum atomic E-state index is 11.9. The van der Waals surface area contributed by atoms with Crippen LogP contribution in [0, 0.1) is 5.92 Å². The van der Waals surface area contributed by atoms with Gasteiger partial charge in [-0.15, -0.1) is 0 Å². The first kappa shape index (κ1) is 15.6. The first-order valence-electron chi connectivity index (χ1n) is 7.20. The summed E-state index contributed by atoms with van der Waals surface area (Å²) in [6.45, 7) is 2.05. The van der Waals surface area contributed by atoms with Crippen molar-refractivity contribution in [1.82, 2.24) is 0 Å². The molecule has 0 bridgehead atoms. The van der Waals surface area contributed by atoms with E-state index in [0.29, 0.717) is 6.42 Å². The van der Waals surface area contributed by atoms with E-state index in [9.17, 15) is 15.0 Å². The number of unbranched alkanes of at least 4 members (excludes halogenated alkanes) is 1. The first-order chi connectivity index (χ1) is 8.56. The van der Waals surface area contributed by atoms with E-state index in [1.165, 1.54) is 0 Å². The van der Waals surface area contributed by atoms with Crippen LogP contribution < -0.4 is 5.73 Å². The Bertz CT molecular complexity index is 257. The Morgan fingerprint density at radius 3 is 2.67 bits per heavy atom. The normalized spacial score (nSPS) is 27.8. The highest BCUT2D eigenvalue weighted by atomic mass is 16.3. The van der Waals surface area contributed by atoms with Crippen LogP contribution in [0.2, 0.25) is 0 Å². The second-order valence-corrected chi connectivity index (χ2v) is 5.53. The molecule has 0 unspecified atom stereocenters. The Morgan fingerprint density at radius 2 is 2.06 bits per heavy atom. The lowest BCUT2D eigenvalue weighted by Crippen LogP contribution is -2.42. The molecule has 0 aromatic heterocycles. The van der Waals surface area contributed by atoms with Gasteiger partial charge in [0.25, 0.3) is 0 Å². The van der Waals surface area contributed by atoms with E-state index in [-0.39, 0.29) is 24.2 Å². The molecule has 1 aliphatic carbocycles. The fourth-order valence-electron chi connectivity index (χ4n) is 2.64. The van der Waals surface area contributed by atoms with Crippen LogP contribution in [-0.4, -0.2) is 34.2 Å². The molecule has 0 aliphatic heterocycles. The summed E-state index contributed by atoms with van der Waals surface area (Å²) in [4.78, 5) is 11.9. The molecule has 4 atom stereocenters. The molecule has 106 valence electrons. The fourth-order valence-corrected chi connectivity index (χ4v) is 2.64. The van der Waals surface area contributed by atoms with Crippen molar-refractivity contribution in [2.75, 3.05) is 0 Å². The highest BCUT2D eigenvalue weighted by molar-refractivity contribution is 5.83. The maximum absolute atomic E-state index is 11.9. The van der Waals surface area contributed by atoms with Crippen LogP contribution in [0.25, 0.3) is 0 Å². The van der Waals surface area contributed by atoms with Gasteiger partial charge in [0.1, 0.15) is 6.10 Å². The van der Waals surface area contributed by atoms with E-state index in [4.69, 9.17) is 5.73 Å². The maximum Gasteiger partial charge on any atom is 0.163 e. The minimum Gasteiger partial charge on any atom is -0.393 e. The number of aliphatic hydroxyl groups is 2. The Kier molecular flexibility index (Phi) is 6.82. The molecule has 1 aliphatic rings. The van der Waals surface area contributed by atoms with Gasteiger partial charge in [-0.3, -0.25) is 4.79 Å². The van der Waals surface area contributed by atoms with Gasteiger partial charge in [-0.25, -0.2) is 0 Å². The third kappa shape index (κ3) is 4.67. The molecule has 0 amide bonds. The Balaban J connectivity index is 2.38. The largest absolute Gasteiger partial charge is 0.393 e. The summed E-state index contributed by atoms with van der Waals surface area (Å²) < 4.78 is 0. The number of carbonyl (C=O) groups excluding carboxylic acids is 1. The standard InChI is InChI=1S/C14H27NO3/c1-2-3-7-11(15)14(18)13(17)9-10-6-4-5-8-12(10)16/h10-12,14,16,18H,2-9,15H2,1H3/t10-,11+,12+,14+/m1/s1. The average Bonchev–Trinajstić information content (AvgIpc) is 2.37. The van der Waals surface area contributed by atoms with Crippen molar-refractivity contribution in [3.8, 4) is 0 Å². The molecule has 0 heterocycles. The van der Waals surface area contributed by atoms with Gasteiger partial charge >= 0.3 is 0 Å². The van der Waals surface area contributed by atoms with E-state index in [0.717, 1.165) is 38.5 Å². The van der Waals surface area contributed by atoms with E-state index in [1.54, 1.807) is 0 Å². The predicted octanol–water partition coefficient (Wildman–Crippen LogP) is 1.38. The van der Waals surface area contributed by atoms with Crippen molar-refractivity contribution in [2.45, 2.75) is 76.5 Å². The van der Waals surface area contributed by atoms with Crippen LogP contribution in [0.1, 0.15) is 58.3 Å². The lowest BCUT2D eigenvalue weighted by atomic mass is 9.82. The van der Waals surface area contributed by atoms with Gasteiger partial charge in [0.2, 0.25) is 0 Å². The molecule has 18 heavy (non-hydrogen) atoms. The zero-order chi connectivity index (χ0) is 13.5. The second kappa shape index (κ2) is 7.87. The van der Waals surface area contributed by atoms with Crippen molar-refractivity contribution in [3.63, 3.8) is 0 Å². The van der Waals surface area contributed by atoms with Gasteiger partial charge in [-0.1, -0.05) is 32.6 Å². The van der Waals surface area contributed by atoms with Crippen molar-refractivity contribution in [3.05, 3.63) is 0 Å². The second-order valence-electron chi connectivity index (χ2n) is 5.53. The fraction of sp³-hybridized carbons (Fsp3) is 0.929. The molecule has 0 aromatic rings. The highest BCUT2D eigenvalue weighted by Crippen LogP contribution is 2.27. The molecular formula is C14H27NO3. The number of hydrogen-bond acceptors (Lipinski definition) is 4. The molecule has 0 radical (unpaired) electrons. The molecule has 4 heteroatoms. The summed E-state index contributed by atoms with van der Waals surface area (Å²) in [5.74, 6) is -0.191. The van der Waals surface area contributed by atoms with Crippen molar-refractivity contribution < 1.29 is 15.0 Å². The molecule has 1 rings (SSSR count). The first-order valence-corrected chi connectivity index (χ1v) is 7.20. The lowest BCUT2D eigenvalue weighted by Gasteiger charge is -2.28. The number of rotatable bonds is 7. The SMILES string of the molecule is CCCC[C@H](N)[C@H](O)C(=O)C[C@H]1CCCC[C@@H]1O. The summed E-state index contributed by atoms with van der Waals surface area (Å²) in [6, 6.07) is -0.460. The summed E-state index contributed by atoms with van der Waals surface area (Å²) in [7, 11) is 0. The Labute approximate surface area is 110 Å². The third-order valence-electron chi connectivity index (χ3n) is 3.96. The smallest absolute Gasteiger partial charge is 0.163 e. The molecular weight excluding hydrogens is 230 g/mol. The number of nitrogens with two attached hydrogens (primary N) is 1. The number of carbonyl (C=O) groups is 1. The van der Waals surface area contributed by atoms with Gasteiger partial charge in [-0.05, 0) is 25.2 Å². The molecule has 4 N–H and O–H groups in total. The van der Waals surface area contributed by atoms with Crippen LogP contribution in [0.4, 0.5) is 0 Å². The van der Waals surface area contributed by atoms with E-state index in [1.807, 2.05) is 0 Å². The zero-order valence-corrected chi connectivity index (χ0v) is 11.3. The lowest BCUT2D eigenvalue weighted by molar-refractivity contribution is -0.130. The number of aliphatic hydroxyl groups excluding tert-OH is 2. The summed E-state index contributed by atoms with van der Waals surface area (Å²) >= 11 is 0. The van der Waals surface area contributed by atoms with Crippen LogP contribution >= 0.6 is 0 Å². The molecule has 4 nitrogen and oxygen atoms in total. The average molecular weight is 257 g/mol. The van der Waals surface area contributed by atoms with Gasteiger partial charge in [0.05, 0.1) is 6.10 Å². The monoisotopic (exact) mass is 257 g/mol. The van der Waals surface area contributed by atoms with Crippen molar-refractivity contribution in [2.24, 2.45) is 11.7 Å². The summed E-state index contributed by atoms with van der Waals surface area (Å²) in [6.07, 6.45) is 5.18. The van der Waals surface area contributed by atoms with Gasteiger partial charge in [0.15, 0.2) is 5.78 Å². The van der Waals surface area contributed by atoms with Crippen LogP contribution in [0.3, 0.4) is 0 Å².